The maximum atomic E-state index is 14.1. The molecule has 1 saturated heterocycles. The molecular weight excluding hydrogens is 407 g/mol. The van der Waals surface area contributed by atoms with Crippen molar-refractivity contribution in [2.75, 3.05) is 12.0 Å². The highest BCUT2D eigenvalue weighted by Crippen LogP contribution is 2.27. The number of nitrogens with zero attached hydrogens (tertiary/aromatic N) is 2. The molecule has 154 valence electrons. The number of ether oxygens (including phenoxy) is 1. The molecule has 0 unspecified atom stereocenters. The number of benzene rings is 1. The maximum Gasteiger partial charge on any atom is 0.352 e. The number of rotatable bonds is 4. The van der Waals surface area contributed by atoms with Crippen molar-refractivity contribution in [1.82, 2.24) is 14.6 Å². The monoisotopic (exact) mass is 424 g/mol. The van der Waals surface area contributed by atoms with Crippen LogP contribution < -0.4 is 22.0 Å². The van der Waals surface area contributed by atoms with Gasteiger partial charge in [0.25, 0.3) is 5.91 Å². The van der Waals surface area contributed by atoms with Gasteiger partial charge >= 0.3 is 11.2 Å². The fraction of sp³-hybridized carbons (Fsp3) is 0.294. The first-order valence-electron chi connectivity index (χ1n) is 8.47. The lowest BCUT2D eigenvalue weighted by atomic mass is 10.2. The van der Waals surface area contributed by atoms with Crippen LogP contribution in [0.5, 0.6) is 0 Å². The third kappa shape index (κ3) is 4.40. The average molecular weight is 424 g/mol. The van der Waals surface area contributed by atoms with E-state index in [4.69, 9.17) is 22.1 Å². The van der Waals surface area contributed by atoms with Gasteiger partial charge < -0.3 is 14.9 Å². The predicted octanol–water partition coefficient (Wildman–Crippen LogP) is -0.952. The first-order chi connectivity index (χ1) is 13.8. The number of amides is 1. The molecule has 2 aromatic rings. The summed E-state index contributed by atoms with van der Waals surface area (Å²) >= 11 is 4.93. The fourth-order valence-corrected chi connectivity index (χ4v) is 2.98. The molecule has 29 heavy (non-hydrogen) atoms. The number of aliphatic hydroxyl groups is 2. The molecule has 0 spiro atoms. The van der Waals surface area contributed by atoms with E-state index in [0.29, 0.717) is 6.20 Å². The lowest BCUT2D eigenvalue weighted by Crippen LogP contribution is -2.51. The SMILES string of the molecule is O=C(NC(=S)Nn1c(=O)c(F)cn([C@H]2C[C@H](O)[C@@H](CO)O2)c1=O)c1ccccc1. The molecule has 10 nitrogen and oxygen atoms in total. The van der Waals surface area contributed by atoms with E-state index in [1.165, 1.54) is 12.1 Å². The second-order valence-electron chi connectivity index (χ2n) is 6.18. The zero-order chi connectivity index (χ0) is 21.1. The Kier molecular flexibility index (Phi) is 6.17. The molecule has 1 amide bonds. The van der Waals surface area contributed by atoms with Gasteiger partial charge in [-0.25, -0.2) is 4.79 Å². The van der Waals surface area contributed by atoms with Crippen molar-refractivity contribution < 1.29 is 24.1 Å². The number of carbonyl (C=O) groups is 1. The largest absolute Gasteiger partial charge is 0.394 e. The van der Waals surface area contributed by atoms with E-state index < -0.39 is 53.1 Å². The average Bonchev–Trinajstić information content (AvgIpc) is 3.09. The van der Waals surface area contributed by atoms with Crippen molar-refractivity contribution in [3.05, 3.63) is 68.7 Å². The zero-order valence-corrected chi connectivity index (χ0v) is 15.6. The van der Waals surface area contributed by atoms with Gasteiger partial charge in [-0.3, -0.25) is 24.9 Å². The second-order valence-corrected chi connectivity index (χ2v) is 6.59. The van der Waals surface area contributed by atoms with Gasteiger partial charge in [-0.1, -0.05) is 18.2 Å². The van der Waals surface area contributed by atoms with Crippen molar-refractivity contribution >= 4 is 23.2 Å². The van der Waals surface area contributed by atoms with Crippen molar-refractivity contribution in [3.8, 4) is 0 Å². The van der Waals surface area contributed by atoms with Crippen LogP contribution in [-0.4, -0.2) is 49.3 Å². The smallest absolute Gasteiger partial charge is 0.352 e. The summed E-state index contributed by atoms with van der Waals surface area (Å²) in [7, 11) is 0. The molecule has 4 N–H and O–H groups in total. The highest BCUT2D eigenvalue weighted by molar-refractivity contribution is 7.80. The Morgan fingerprint density at radius 2 is 2.00 bits per heavy atom. The van der Waals surface area contributed by atoms with Crippen LogP contribution in [0.1, 0.15) is 23.0 Å². The van der Waals surface area contributed by atoms with E-state index in [1.807, 2.05) is 0 Å². The lowest BCUT2D eigenvalue weighted by Gasteiger charge is -2.17. The van der Waals surface area contributed by atoms with Gasteiger partial charge in [0.2, 0.25) is 5.82 Å². The molecule has 1 aliphatic heterocycles. The molecule has 0 saturated carbocycles. The summed E-state index contributed by atoms with van der Waals surface area (Å²) in [5, 5.41) is 20.8. The Bertz CT molecular complexity index is 1040. The zero-order valence-electron chi connectivity index (χ0n) is 14.8. The minimum atomic E-state index is -1.32. The van der Waals surface area contributed by atoms with Gasteiger partial charge in [0.1, 0.15) is 12.3 Å². The molecule has 1 fully saturated rings. The molecule has 0 bridgehead atoms. The van der Waals surface area contributed by atoms with Crippen molar-refractivity contribution in [2.24, 2.45) is 0 Å². The van der Waals surface area contributed by atoms with Crippen LogP contribution in [0.4, 0.5) is 4.39 Å². The van der Waals surface area contributed by atoms with Crippen molar-refractivity contribution in [3.63, 3.8) is 0 Å². The molecule has 1 aliphatic rings. The van der Waals surface area contributed by atoms with Gasteiger partial charge in [0, 0.05) is 12.0 Å². The van der Waals surface area contributed by atoms with E-state index in [9.17, 15) is 23.9 Å². The van der Waals surface area contributed by atoms with Crippen LogP contribution >= 0.6 is 12.2 Å². The molecule has 1 aromatic heterocycles. The third-order valence-corrected chi connectivity index (χ3v) is 4.44. The summed E-state index contributed by atoms with van der Waals surface area (Å²) in [4.78, 5) is 36.8. The van der Waals surface area contributed by atoms with Crippen LogP contribution in [0.2, 0.25) is 0 Å². The number of carbonyl (C=O) groups excluding carboxylic acids is 1. The summed E-state index contributed by atoms with van der Waals surface area (Å²) in [5.41, 5.74) is 0.107. The Morgan fingerprint density at radius 3 is 2.62 bits per heavy atom. The normalized spacial score (nSPS) is 21.0. The molecule has 3 atom stereocenters. The van der Waals surface area contributed by atoms with Gasteiger partial charge in [-0.05, 0) is 24.4 Å². The van der Waals surface area contributed by atoms with Gasteiger partial charge in [-0.2, -0.15) is 9.07 Å². The highest BCUT2D eigenvalue weighted by atomic mass is 32.1. The topological polar surface area (TPSA) is 135 Å². The van der Waals surface area contributed by atoms with Gasteiger partial charge in [0.05, 0.1) is 18.9 Å². The van der Waals surface area contributed by atoms with E-state index in [0.717, 1.165) is 4.57 Å². The minimum Gasteiger partial charge on any atom is -0.394 e. The van der Waals surface area contributed by atoms with E-state index in [2.05, 4.69) is 10.7 Å². The first-order valence-corrected chi connectivity index (χ1v) is 8.88. The standard InChI is InChI=1S/C17H17FN4O6S/c18-10-7-21(13-6-11(24)12(8-23)28-13)17(27)22(15(10)26)20-16(29)19-14(25)9-4-2-1-3-5-9/h1-5,7,11-13,23-24H,6,8H2,(H2,19,20,25,29)/t11-,12+,13+/m0/s1. The number of nitrogens with one attached hydrogen (secondary N) is 2. The Morgan fingerprint density at radius 1 is 1.31 bits per heavy atom. The summed E-state index contributed by atoms with van der Waals surface area (Å²) in [6.45, 7) is -0.498. The second kappa shape index (κ2) is 8.61. The van der Waals surface area contributed by atoms with E-state index in [-0.39, 0.29) is 16.7 Å². The van der Waals surface area contributed by atoms with Crippen LogP contribution in [0, 0.1) is 5.82 Å². The van der Waals surface area contributed by atoms with E-state index in [1.54, 1.807) is 18.2 Å². The van der Waals surface area contributed by atoms with Gasteiger partial charge in [0.15, 0.2) is 5.11 Å². The summed E-state index contributed by atoms with van der Waals surface area (Å²) in [5.74, 6) is -1.89. The summed E-state index contributed by atoms with van der Waals surface area (Å²) < 4.78 is 20.5. The van der Waals surface area contributed by atoms with Crippen molar-refractivity contribution in [2.45, 2.75) is 24.9 Å². The van der Waals surface area contributed by atoms with Crippen LogP contribution in [-0.2, 0) is 4.74 Å². The Balaban J connectivity index is 1.83. The number of thiocarbonyl (C=S) groups is 1. The lowest BCUT2D eigenvalue weighted by molar-refractivity contribution is -0.0465. The van der Waals surface area contributed by atoms with Crippen LogP contribution in [0.15, 0.2) is 46.1 Å². The third-order valence-electron chi connectivity index (χ3n) is 4.24. The summed E-state index contributed by atoms with van der Waals surface area (Å²) in [6.07, 6.45) is -2.58. The molecule has 3 rings (SSSR count). The van der Waals surface area contributed by atoms with Crippen molar-refractivity contribution in [1.29, 1.82) is 0 Å². The summed E-state index contributed by atoms with van der Waals surface area (Å²) in [6, 6.07) is 8.04. The highest BCUT2D eigenvalue weighted by Gasteiger charge is 2.35. The van der Waals surface area contributed by atoms with E-state index >= 15 is 0 Å². The number of hydrogen-bond donors (Lipinski definition) is 4. The van der Waals surface area contributed by atoms with Crippen LogP contribution in [0.3, 0.4) is 0 Å². The molecule has 0 radical (unpaired) electrons. The number of aliphatic hydroxyl groups excluding tert-OH is 2. The van der Waals surface area contributed by atoms with Gasteiger partial charge in [-0.15, -0.1) is 0 Å². The minimum absolute atomic E-state index is 0.0992. The number of halogens is 1. The molecular formula is C17H17FN4O6S. The van der Waals surface area contributed by atoms with Crippen LogP contribution in [0.25, 0.3) is 0 Å². The fourth-order valence-electron chi connectivity index (χ4n) is 2.79. The molecule has 12 heteroatoms. The maximum absolute atomic E-state index is 14.1. The Labute approximate surface area is 168 Å². The molecule has 0 aliphatic carbocycles. The predicted molar refractivity (Wildman–Crippen MR) is 102 cm³/mol. The number of aromatic nitrogens is 2. The number of hydrogen-bond acceptors (Lipinski definition) is 7. The quantitative estimate of drug-likeness (QED) is 0.462. The molecule has 1 aromatic carbocycles. The Hall–Kier alpha value is -2.93. The molecule has 2 heterocycles. The first kappa shape index (κ1) is 20.8.